The van der Waals surface area contributed by atoms with Crippen LogP contribution in [0.3, 0.4) is 0 Å². The summed E-state index contributed by atoms with van der Waals surface area (Å²) in [6, 6.07) is 10.5. The zero-order chi connectivity index (χ0) is 18.8. The summed E-state index contributed by atoms with van der Waals surface area (Å²) in [6.45, 7) is 4.50. The van der Waals surface area contributed by atoms with E-state index in [-0.39, 0.29) is 6.10 Å². The maximum atomic E-state index is 5.73. The largest absolute Gasteiger partial charge is 0.379 e. The van der Waals surface area contributed by atoms with Crippen molar-refractivity contribution < 1.29 is 9.47 Å². The van der Waals surface area contributed by atoms with Gasteiger partial charge in [0.2, 0.25) is 0 Å². The number of thiophene rings is 1. The Labute approximate surface area is 164 Å². The Kier molecular flexibility index (Phi) is 5.38. The third-order valence-corrected chi connectivity index (χ3v) is 6.18. The molecule has 0 aliphatic carbocycles. The van der Waals surface area contributed by atoms with Crippen molar-refractivity contribution in [1.29, 1.82) is 0 Å². The molecule has 5 nitrogen and oxygen atoms in total. The van der Waals surface area contributed by atoms with E-state index in [1.807, 2.05) is 6.07 Å². The minimum Gasteiger partial charge on any atom is -0.379 e. The first-order valence-corrected chi connectivity index (χ1v) is 10.2. The number of rotatable bonds is 5. The van der Waals surface area contributed by atoms with Gasteiger partial charge < -0.3 is 14.4 Å². The van der Waals surface area contributed by atoms with Crippen molar-refractivity contribution in [3.8, 4) is 11.1 Å². The zero-order valence-corrected chi connectivity index (χ0v) is 16.8. The van der Waals surface area contributed by atoms with Crippen LogP contribution < -0.4 is 4.90 Å². The minimum atomic E-state index is 0.216. The van der Waals surface area contributed by atoms with E-state index >= 15 is 0 Å². The van der Waals surface area contributed by atoms with Gasteiger partial charge in [0, 0.05) is 38.3 Å². The van der Waals surface area contributed by atoms with Crippen molar-refractivity contribution in [2.45, 2.75) is 26.1 Å². The third kappa shape index (κ3) is 3.57. The summed E-state index contributed by atoms with van der Waals surface area (Å²) in [5.41, 5.74) is 2.39. The van der Waals surface area contributed by atoms with Crippen LogP contribution in [0.15, 0.2) is 35.7 Å². The average molecular weight is 384 g/mol. The highest BCUT2D eigenvalue weighted by Crippen LogP contribution is 2.39. The first-order valence-electron chi connectivity index (χ1n) is 9.31. The Balaban J connectivity index is 1.85. The molecule has 27 heavy (non-hydrogen) atoms. The summed E-state index contributed by atoms with van der Waals surface area (Å²) in [5.74, 6) is 2.29. The van der Waals surface area contributed by atoms with Gasteiger partial charge in [-0.3, -0.25) is 0 Å². The third-order valence-electron chi connectivity index (χ3n) is 5.31. The molecule has 2 unspecified atom stereocenters. The number of benzene rings is 1. The molecule has 2 aromatic heterocycles. The average Bonchev–Trinajstić information content (AvgIpc) is 3.13. The molecule has 4 rings (SSSR count). The summed E-state index contributed by atoms with van der Waals surface area (Å²) in [4.78, 5) is 13.0. The highest BCUT2D eigenvalue weighted by atomic mass is 32.1. The Hall–Kier alpha value is -2.02. The molecule has 0 spiro atoms. The van der Waals surface area contributed by atoms with E-state index in [1.54, 1.807) is 25.6 Å². The quantitative estimate of drug-likeness (QED) is 0.655. The van der Waals surface area contributed by atoms with Crippen LogP contribution in [-0.4, -0.2) is 43.4 Å². The summed E-state index contributed by atoms with van der Waals surface area (Å²) in [7, 11) is 3.48. The monoisotopic (exact) mass is 383 g/mol. The molecular weight excluding hydrogens is 358 g/mol. The molecule has 1 saturated heterocycles. The number of nitrogens with zero attached hydrogens (tertiary/aromatic N) is 3. The molecule has 2 atom stereocenters. The Morgan fingerprint density at radius 1 is 1.19 bits per heavy atom. The second-order valence-electron chi connectivity index (χ2n) is 7.08. The highest BCUT2D eigenvalue weighted by Gasteiger charge is 2.29. The molecule has 1 aromatic carbocycles. The van der Waals surface area contributed by atoms with Crippen LogP contribution in [0.1, 0.15) is 19.2 Å². The van der Waals surface area contributed by atoms with Crippen LogP contribution in [0.25, 0.3) is 21.3 Å². The molecule has 1 aliphatic rings. The first kappa shape index (κ1) is 18.3. The van der Waals surface area contributed by atoms with E-state index in [9.17, 15) is 0 Å². The summed E-state index contributed by atoms with van der Waals surface area (Å²) in [6.07, 6.45) is 1.31. The maximum Gasteiger partial charge on any atom is 0.158 e. The number of hydrogen-bond donors (Lipinski definition) is 0. The van der Waals surface area contributed by atoms with Crippen LogP contribution in [-0.2, 0) is 16.1 Å². The van der Waals surface area contributed by atoms with Gasteiger partial charge in [0.1, 0.15) is 17.3 Å². The second-order valence-corrected chi connectivity index (χ2v) is 7.94. The lowest BCUT2D eigenvalue weighted by Crippen LogP contribution is -2.44. The number of hydrogen-bond acceptors (Lipinski definition) is 6. The molecule has 142 valence electrons. The number of aromatic nitrogens is 2. The Morgan fingerprint density at radius 2 is 2.00 bits per heavy atom. The summed E-state index contributed by atoms with van der Waals surface area (Å²) >= 11 is 1.67. The lowest BCUT2D eigenvalue weighted by Gasteiger charge is -2.37. The number of methoxy groups -OCH3 is 2. The Bertz CT molecular complexity index is 912. The number of fused-ring (bicyclic) bond motifs is 1. The van der Waals surface area contributed by atoms with E-state index in [4.69, 9.17) is 19.4 Å². The number of anilines is 1. The van der Waals surface area contributed by atoms with Gasteiger partial charge >= 0.3 is 0 Å². The lowest BCUT2D eigenvalue weighted by molar-refractivity contribution is 0.0497. The van der Waals surface area contributed by atoms with E-state index in [2.05, 4.69) is 41.5 Å². The fourth-order valence-corrected chi connectivity index (χ4v) is 4.71. The van der Waals surface area contributed by atoms with Crippen molar-refractivity contribution in [2.24, 2.45) is 5.92 Å². The molecular formula is C21H25N3O2S. The van der Waals surface area contributed by atoms with Crippen LogP contribution in [0.4, 0.5) is 5.82 Å². The highest BCUT2D eigenvalue weighted by molar-refractivity contribution is 7.17. The van der Waals surface area contributed by atoms with Gasteiger partial charge in [-0.2, -0.15) is 0 Å². The molecule has 3 heterocycles. The fraction of sp³-hybridized carbons (Fsp3) is 0.429. The number of ether oxygens (including phenoxy) is 2. The lowest BCUT2D eigenvalue weighted by atomic mass is 9.95. The maximum absolute atomic E-state index is 5.73. The van der Waals surface area contributed by atoms with Gasteiger partial charge in [-0.25, -0.2) is 9.97 Å². The second kappa shape index (κ2) is 7.92. The fourth-order valence-electron chi connectivity index (χ4n) is 3.75. The minimum absolute atomic E-state index is 0.216. The van der Waals surface area contributed by atoms with Crippen molar-refractivity contribution in [3.63, 3.8) is 0 Å². The van der Waals surface area contributed by atoms with Gasteiger partial charge in [-0.05, 0) is 17.9 Å². The topological polar surface area (TPSA) is 47.5 Å². The van der Waals surface area contributed by atoms with Crippen molar-refractivity contribution in [3.05, 3.63) is 41.5 Å². The predicted molar refractivity (Wildman–Crippen MR) is 110 cm³/mol. The number of piperidine rings is 1. The van der Waals surface area contributed by atoms with Gasteiger partial charge in [0.15, 0.2) is 5.82 Å². The summed E-state index contributed by atoms with van der Waals surface area (Å²) < 4.78 is 11.0. The van der Waals surface area contributed by atoms with E-state index in [0.29, 0.717) is 12.5 Å². The van der Waals surface area contributed by atoms with E-state index in [0.717, 1.165) is 41.4 Å². The van der Waals surface area contributed by atoms with Crippen molar-refractivity contribution in [1.82, 2.24) is 9.97 Å². The van der Waals surface area contributed by atoms with Crippen LogP contribution in [0, 0.1) is 5.92 Å². The van der Waals surface area contributed by atoms with Crippen LogP contribution in [0.5, 0.6) is 0 Å². The van der Waals surface area contributed by atoms with E-state index in [1.165, 1.54) is 11.1 Å². The van der Waals surface area contributed by atoms with Crippen LogP contribution in [0.2, 0.25) is 0 Å². The summed E-state index contributed by atoms with van der Waals surface area (Å²) in [5, 5.41) is 3.32. The normalized spacial score (nSPS) is 20.3. The van der Waals surface area contributed by atoms with Gasteiger partial charge in [0.25, 0.3) is 0 Å². The molecule has 0 radical (unpaired) electrons. The Morgan fingerprint density at radius 3 is 2.74 bits per heavy atom. The molecule has 0 saturated carbocycles. The zero-order valence-electron chi connectivity index (χ0n) is 16.0. The van der Waals surface area contributed by atoms with E-state index < -0.39 is 0 Å². The molecule has 0 amide bonds. The molecule has 3 aromatic rings. The molecule has 1 aliphatic heterocycles. The van der Waals surface area contributed by atoms with Crippen molar-refractivity contribution >= 4 is 27.4 Å². The van der Waals surface area contributed by atoms with Gasteiger partial charge in [0.05, 0.1) is 11.5 Å². The SMILES string of the molecule is COCc1nc(N2CCC(C)C(OC)C2)c2c(-c3ccccc3)csc2n1. The van der Waals surface area contributed by atoms with Crippen molar-refractivity contribution in [2.75, 3.05) is 32.2 Å². The van der Waals surface area contributed by atoms with Gasteiger partial charge in [-0.15, -0.1) is 11.3 Å². The molecule has 0 N–H and O–H groups in total. The standard InChI is InChI=1S/C21H25N3O2S/c1-14-9-10-24(11-17(14)26-3)20-19-16(15-7-5-4-6-8-15)13-27-21(19)23-18(22-20)12-25-2/h4-8,13-14,17H,9-12H2,1-3H3. The predicted octanol–water partition coefficient (Wildman–Crippen LogP) is 4.37. The van der Waals surface area contributed by atoms with Crippen LogP contribution >= 0.6 is 11.3 Å². The first-order chi connectivity index (χ1) is 13.2. The molecule has 0 bridgehead atoms. The molecule has 6 heteroatoms. The van der Waals surface area contributed by atoms with Gasteiger partial charge in [-0.1, -0.05) is 37.3 Å². The molecule has 1 fully saturated rings. The smallest absolute Gasteiger partial charge is 0.158 e.